The lowest BCUT2D eigenvalue weighted by Crippen LogP contribution is -2.06. The Hall–Kier alpha value is -9.64. The molecule has 0 saturated carbocycles. The molecule has 0 fully saturated rings. The van der Waals surface area contributed by atoms with Crippen LogP contribution in [0, 0.1) is 36.5 Å². The number of fused-ring (bicyclic) bond motifs is 6. The van der Waals surface area contributed by atoms with Crippen molar-refractivity contribution in [1.29, 1.82) is 10.5 Å². The highest BCUT2D eigenvalue weighted by Gasteiger charge is 2.35. The molecule has 0 aliphatic rings. The van der Waals surface area contributed by atoms with Crippen LogP contribution < -0.4 is 0 Å². The van der Waals surface area contributed by atoms with E-state index in [0.717, 1.165) is 67.3 Å². The number of alkyl halides is 6. The monoisotopic (exact) mass is 1000 g/mol. The molecule has 366 valence electrons. The topological polar surface area (TPSA) is 57.4 Å². The predicted octanol–water partition coefficient (Wildman–Crippen LogP) is 18.6. The molecular weight excluding hydrogens is 963 g/mol. The zero-order chi connectivity index (χ0) is 52.6. The molecule has 0 aliphatic carbocycles. The average molecular weight is 1000 g/mol. The zero-order valence-corrected chi connectivity index (χ0v) is 40.7. The molecule has 2 aromatic heterocycles. The van der Waals surface area contributed by atoms with Gasteiger partial charge in [-0.15, -0.1) is 0 Å². The summed E-state index contributed by atoms with van der Waals surface area (Å²) in [7, 11) is 0. The zero-order valence-electron chi connectivity index (χ0n) is 40.7. The minimum Gasteiger partial charge on any atom is -0.308 e. The highest BCUT2D eigenvalue weighted by molar-refractivity contribution is 6.13. The number of nitrogens with zero attached hydrogens (tertiary/aromatic N) is 4. The Morgan fingerprint density at radius 1 is 0.329 bits per heavy atom. The molecule has 0 saturated heterocycles. The summed E-state index contributed by atoms with van der Waals surface area (Å²) in [5.41, 5.74) is 11.3. The maximum Gasteiger partial charge on any atom is 0.417 e. The van der Waals surface area contributed by atoms with E-state index >= 15 is 0 Å². The van der Waals surface area contributed by atoms with Crippen molar-refractivity contribution in [1.82, 2.24) is 9.13 Å². The summed E-state index contributed by atoms with van der Waals surface area (Å²) in [6, 6.07) is 65.4. The van der Waals surface area contributed by atoms with Crippen molar-refractivity contribution in [3.8, 4) is 79.1 Å². The van der Waals surface area contributed by atoms with E-state index in [2.05, 4.69) is 12.1 Å². The van der Waals surface area contributed by atoms with E-state index in [1.54, 1.807) is 60.7 Å². The van der Waals surface area contributed by atoms with Gasteiger partial charge in [0.1, 0.15) is 12.1 Å². The second-order valence-corrected chi connectivity index (χ2v) is 19.0. The molecule has 76 heavy (non-hydrogen) atoms. The quantitative estimate of drug-likeness (QED) is 0.149. The highest BCUT2D eigenvalue weighted by Crippen LogP contribution is 2.45. The first-order chi connectivity index (χ1) is 36.7. The third-order valence-corrected chi connectivity index (χ3v) is 14.6. The van der Waals surface area contributed by atoms with E-state index in [1.807, 2.05) is 132 Å². The minimum atomic E-state index is -4.59. The molecule has 0 radical (unpaired) electrons. The number of benzene rings is 10. The summed E-state index contributed by atoms with van der Waals surface area (Å²) >= 11 is 0. The van der Waals surface area contributed by atoms with E-state index in [0.29, 0.717) is 66.6 Å². The molecule has 10 aromatic carbocycles. The van der Waals surface area contributed by atoms with E-state index in [-0.39, 0.29) is 11.1 Å². The molecule has 0 aliphatic heterocycles. The number of hydrogen-bond acceptors (Lipinski definition) is 2. The Balaban J connectivity index is 1.06. The molecule has 12 rings (SSSR count). The van der Waals surface area contributed by atoms with E-state index in [9.17, 15) is 36.9 Å². The molecule has 0 bridgehead atoms. The molecule has 0 atom stereocenters. The SMILES string of the molecule is Cc1ccccc1-c1ccc2c(c1)c1cc(-c3ccccc3C(F)(F)F)ccc1n2-c1cc(-c2ccc(C#N)c(-n3c4ccc(-c5ccccc5C)cc4c4cc(-c5ccccc5C(F)(F)F)ccc43)c2)ccc1C#N. The Morgan fingerprint density at radius 3 is 0.934 bits per heavy atom. The van der Waals surface area contributed by atoms with Gasteiger partial charge in [0.05, 0.1) is 55.7 Å². The van der Waals surface area contributed by atoms with Crippen LogP contribution in [-0.4, -0.2) is 9.13 Å². The first-order valence-corrected chi connectivity index (χ1v) is 24.4. The Bertz CT molecular complexity index is 4160. The van der Waals surface area contributed by atoms with Crippen molar-refractivity contribution < 1.29 is 26.3 Å². The lowest BCUT2D eigenvalue weighted by atomic mass is 9.96. The van der Waals surface area contributed by atoms with E-state index in [4.69, 9.17) is 0 Å². The molecule has 10 heteroatoms. The van der Waals surface area contributed by atoms with Crippen LogP contribution in [0.4, 0.5) is 26.3 Å². The fourth-order valence-corrected chi connectivity index (χ4v) is 11.0. The Morgan fingerprint density at radius 2 is 0.618 bits per heavy atom. The van der Waals surface area contributed by atoms with Gasteiger partial charge in [-0.05, 0) is 166 Å². The predicted molar refractivity (Wildman–Crippen MR) is 291 cm³/mol. The lowest BCUT2D eigenvalue weighted by molar-refractivity contribution is -0.137. The summed E-state index contributed by atoms with van der Waals surface area (Å²) in [6.45, 7) is 4.05. The summed E-state index contributed by atoms with van der Waals surface area (Å²) in [4.78, 5) is 0. The standard InChI is InChI=1S/C66H40F6N4/c1-39-11-3-5-13-49(39)43-23-27-59-53(31-43)55-33-45(51-15-7-9-17-57(51)65(67,68)69)25-29-61(55)75(59)63-35-41(19-21-47(63)37-73)42-20-22-48(38-74)64(36-42)76-60-28-24-44(50-14-6-4-12-40(50)2)32-54(60)56-34-46(26-30-62(56)76)52-16-8-10-18-58(52)66(70,71)72/h3-36H,1-2H3. The van der Waals surface area contributed by atoms with Gasteiger partial charge in [0.25, 0.3) is 0 Å². The maximum absolute atomic E-state index is 14.5. The van der Waals surface area contributed by atoms with Crippen LogP contribution in [0.3, 0.4) is 0 Å². The average Bonchev–Trinajstić information content (AvgIpc) is 4.14. The van der Waals surface area contributed by atoms with Gasteiger partial charge in [0, 0.05) is 21.5 Å². The second-order valence-electron chi connectivity index (χ2n) is 19.0. The molecule has 0 unspecified atom stereocenters. The molecule has 4 nitrogen and oxygen atoms in total. The second kappa shape index (κ2) is 18.1. The Labute approximate surface area is 432 Å². The Kier molecular flexibility index (Phi) is 11.3. The van der Waals surface area contributed by atoms with Gasteiger partial charge >= 0.3 is 12.4 Å². The molecule has 2 heterocycles. The van der Waals surface area contributed by atoms with Crippen LogP contribution in [0.2, 0.25) is 0 Å². The summed E-state index contributed by atoms with van der Waals surface area (Å²) in [5, 5.41) is 24.5. The maximum atomic E-state index is 14.5. The number of hydrogen-bond donors (Lipinski definition) is 0. The fourth-order valence-electron chi connectivity index (χ4n) is 11.0. The van der Waals surface area contributed by atoms with Gasteiger partial charge in [0.2, 0.25) is 0 Å². The molecular formula is C66H40F6N4. The molecule has 0 spiro atoms. The van der Waals surface area contributed by atoms with Gasteiger partial charge < -0.3 is 9.13 Å². The van der Waals surface area contributed by atoms with Crippen molar-refractivity contribution in [3.05, 3.63) is 240 Å². The van der Waals surface area contributed by atoms with Crippen LogP contribution in [-0.2, 0) is 12.4 Å². The van der Waals surface area contributed by atoms with Gasteiger partial charge in [0.15, 0.2) is 0 Å². The minimum absolute atomic E-state index is 0.0476. The molecule has 0 amide bonds. The van der Waals surface area contributed by atoms with Crippen LogP contribution >= 0.6 is 0 Å². The summed E-state index contributed by atoms with van der Waals surface area (Å²) < 4.78 is 90.8. The number of aromatic nitrogens is 2. The van der Waals surface area contributed by atoms with E-state index in [1.165, 1.54) is 24.3 Å². The fraction of sp³-hybridized carbons (Fsp3) is 0.0606. The third kappa shape index (κ3) is 7.94. The smallest absolute Gasteiger partial charge is 0.308 e. The van der Waals surface area contributed by atoms with Crippen molar-refractivity contribution >= 4 is 43.6 Å². The van der Waals surface area contributed by atoms with Crippen molar-refractivity contribution in [2.75, 3.05) is 0 Å². The highest BCUT2D eigenvalue weighted by atomic mass is 19.4. The molecule has 12 aromatic rings. The summed E-state index contributed by atoms with van der Waals surface area (Å²) in [5.74, 6) is 0. The number of halogens is 6. The lowest BCUT2D eigenvalue weighted by Gasteiger charge is -2.16. The van der Waals surface area contributed by atoms with Gasteiger partial charge in [-0.3, -0.25) is 0 Å². The van der Waals surface area contributed by atoms with Gasteiger partial charge in [-0.25, -0.2) is 0 Å². The van der Waals surface area contributed by atoms with Crippen LogP contribution in [0.25, 0.3) is 111 Å². The van der Waals surface area contributed by atoms with Crippen LogP contribution in [0.15, 0.2) is 206 Å². The van der Waals surface area contributed by atoms with Crippen molar-refractivity contribution in [2.45, 2.75) is 26.2 Å². The van der Waals surface area contributed by atoms with Gasteiger partial charge in [-0.2, -0.15) is 36.9 Å². The van der Waals surface area contributed by atoms with E-state index < -0.39 is 23.5 Å². The number of rotatable bonds is 7. The number of nitriles is 2. The number of aryl methyl sites for hydroxylation is 2. The summed E-state index contributed by atoms with van der Waals surface area (Å²) in [6.07, 6.45) is -9.18. The first-order valence-electron chi connectivity index (χ1n) is 24.4. The van der Waals surface area contributed by atoms with Gasteiger partial charge in [-0.1, -0.05) is 121 Å². The molecule has 0 N–H and O–H groups in total. The first kappa shape index (κ1) is 47.4. The van der Waals surface area contributed by atoms with Crippen LogP contribution in [0.1, 0.15) is 33.4 Å². The largest absolute Gasteiger partial charge is 0.417 e. The van der Waals surface area contributed by atoms with Crippen LogP contribution in [0.5, 0.6) is 0 Å². The van der Waals surface area contributed by atoms with Crippen molar-refractivity contribution in [3.63, 3.8) is 0 Å². The third-order valence-electron chi connectivity index (χ3n) is 14.6. The normalized spacial score (nSPS) is 11.9. The van der Waals surface area contributed by atoms with Crippen molar-refractivity contribution in [2.24, 2.45) is 0 Å².